The first-order valence-corrected chi connectivity index (χ1v) is 12.0. The van der Waals surface area contributed by atoms with Crippen molar-refractivity contribution in [2.75, 3.05) is 0 Å². The molecule has 0 saturated heterocycles. The predicted octanol–water partition coefficient (Wildman–Crippen LogP) is 5.25. The van der Waals surface area contributed by atoms with Crippen LogP contribution < -0.4 is 4.18 Å². The highest BCUT2D eigenvalue weighted by Crippen LogP contribution is 2.69. The Morgan fingerprint density at radius 2 is 1.69 bits per heavy atom. The molecule has 0 unspecified atom stereocenters. The van der Waals surface area contributed by atoms with Gasteiger partial charge in [-0.1, -0.05) is 26.0 Å². The molecule has 0 N–H and O–H groups in total. The Morgan fingerprint density at radius 1 is 1.03 bits per heavy atom. The molecule has 1 aromatic carbocycles. The van der Waals surface area contributed by atoms with E-state index in [9.17, 15) is 30.4 Å². The summed E-state index contributed by atoms with van der Waals surface area (Å²) in [6.07, 6.45) is 1.17. The number of pyridine rings is 1. The lowest BCUT2D eigenvalue weighted by atomic mass is 9.66. The Balaban J connectivity index is 1.63. The fourth-order valence-corrected chi connectivity index (χ4v) is 6.03. The molecule has 0 spiro atoms. The first-order valence-electron chi connectivity index (χ1n) is 10.6. The average Bonchev–Trinajstić information content (AvgIpc) is 3.14. The molecule has 2 heterocycles. The van der Waals surface area contributed by atoms with Crippen LogP contribution in [0.4, 0.5) is 22.0 Å². The van der Waals surface area contributed by atoms with Crippen LogP contribution in [0.2, 0.25) is 0 Å². The highest BCUT2D eigenvalue weighted by molar-refractivity contribution is 7.87. The molecule has 12 heteroatoms. The number of hydrogen-bond donors (Lipinski definition) is 0. The maximum absolute atomic E-state index is 14.4. The SMILES string of the molecule is CC1(C)[C@H]2CC[C@@]1(c1cccc(OS(=O)(=O)C(F)(F)F)n1)c1nnc(-c3c(F)cccc3F)cc12. The molecule has 35 heavy (non-hydrogen) atoms. The van der Waals surface area contributed by atoms with Gasteiger partial charge in [-0.2, -0.15) is 26.7 Å². The van der Waals surface area contributed by atoms with Crippen LogP contribution >= 0.6 is 0 Å². The summed E-state index contributed by atoms with van der Waals surface area (Å²) in [7, 11) is -5.90. The molecule has 184 valence electrons. The van der Waals surface area contributed by atoms with Crippen molar-refractivity contribution >= 4 is 10.1 Å². The van der Waals surface area contributed by atoms with Crippen molar-refractivity contribution in [2.45, 2.75) is 43.5 Å². The van der Waals surface area contributed by atoms with Crippen LogP contribution in [0.5, 0.6) is 5.88 Å². The zero-order valence-corrected chi connectivity index (χ0v) is 19.2. The zero-order chi connectivity index (χ0) is 25.4. The van der Waals surface area contributed by atoms with Gasteiger partial charge in [0, 0.05) is 6.07 Å². The summed E-state index contributed by atoms with van der Waals surface area (Å²) in [4.78, 5) is 4.14. The molecule has 0 radical (unpaired) electrons. The molecule has 3 aromatic rings. The third-order valence-corrected chi connectivity index (χ3v) is 8.20. The smallest absolute Gasteiger partial charge is 0.355 e. The Labute approximate surface area is 197 Å². The van der Waals surface area contributed by atoms with E-state index in [1.54, 1.807) is 12.1 Å². The van der Waals surface area contributed by atoms with E-state index in [1.165, 1.54) is 12.1 Å². The molecule has 1 fully saturated rings. The van der Waals surface area contributed by atoms with E-state index in [1.807, 2.05) is 13.8 Å². The molecule has 2 aliphatic rings. The number of hydrogen-bond acceptors (Lipinski definition) is 6. The number of benzene rings is 1. The summed E-state index contributed by atoms with van der Waals surface area (Å²) in [6.45, 7) is 3.88. The number of halogens is 5. The first kappa shape index (κ1) is 23.6. The zero-order valence-electron chi connectivity index (χ0n) is 18.4. The minimum atomic E-state index is -5.90. The molecule has 2 aromatic heterocycles. The molecule has 1 saturated carbocycles. The van der Waals surface area contributed by atoms with Crippen LogP contribution in [0.15, 0.2) is 42.5 Å². The second kappa shape index (κ2) is 7.42. The number of fused-ring (bicyclic) bond motifs is 5. The monoisotopic (exact) mass is 511 g/mol. The van der Waals surface area contributed by atoms with Crippen molar-refractivity contribution < 1.29 is 34.6 Å². The minimum absolute atomic E-state index is 0.0270. The lowest BCUT2D eigenvalue weighted by Crippen LogP contribution is -2.38. The predicted molar refractivity (Wildman–Crippen MR) is 114 cm³/mol. The number of rotatable bonds is 4. The van der Waals surface area contributed by atoms with Crippen LogP contribution in [0.1, 0.15) is 49.6 Å². The number of nitrogens with zero attached hydrogens (tertiary/aromatic N) is 3. The molecule has 5 rings (SSSR count). The Hall–Kier alpha value is -3.15. The lowest BCUT2D eigenvalue weighted by molar-refractivity contribution is -0.0501. The fourth-order valence-electron chi connectivity index (χ4n) is 5.62. The Kier molecular flexibility index (Phi) is 5.00. The number of alkyl halides is 3. The molecular formula is C23H18F5N3O3S. The highest BCUT2D eigenvalue weighted by Gasteiger charge is 2.65. The second-order valence-corrected chi connectivity index (χ2v) is 10.7. The quantitative estimate of drug-likeness (QED) is 0.271. The molecule has 0 amide bonds. The van der Waals surface area contributed by atoms with E-state index in [2.05, 4.69) is 19.4 Å². The Morgan fingerprint density at radius 3 is 2.34 bits per heavy atom. The van der Waals surface area contributed by atoms with E-state index in [-0.39, 0.29) is 22.9 Å². The van der Waals surface area contributed by atoms with E-state index < -0.39 is 44.0 Å². The highest BCUT2D eigenvalue weighted by atomic mass is 32.2. The second-order valence-electron chi connectivity index (χ2n) is 9.19. The van der Waals surface area contributed by atoms with E-state index in [0.29, 0.717) is 24.1 Å². The average molecular weight is 511 g/mol. The summed E-state index contributed by atoms with van der Waals surface area (Å²) < 4.78 is 94.4. The van der Waals surface area contributed by atoms with Gasteiger partial charge in [-0.3, -0.25) is 0 Å². The van der Waals surface area contributed by atoms with Gasteiger partial charge in [0.15, 0.2) is 0 Å². The standard InChI is InChI=1S/C23H18F5N3O3S/c1-21(2)13-9-10-22(21,17-7-4-8-18(29-17)34-35(32,33)23(26,27)28)20-12(13)11-16(30-31-20)19-14(24)5-3-6-15(19)25/h3-8,11,13H,9-10H2,1-2H3/t13-,22+/m0/s1. The molecule has 0 aliphatic heterocycles. The Bertz CT molecular complexity index is 1440. The van der Waals surface area contributed by atoms with Gasteiger partial charge in [0.1, 0.15) is 11.6 Å². The van der Waals surface area contributed by atoms with Gasteiger partial charge < -0.3 is 4.18 Å². The van der Waals surface area contributed by atoms with Gasteiger partial charge in [-0.25, -0.2) is 13.8 Å². The fraction of sp³-hybridized carbons (Fsp3) is 0.348. The third kappa shape index (κ3) is 3.25. The van der Waals surface area contributed by atoms with E-state index in [4.69, 9.17) is 0 Å². The molecular weight excluding hydrogens is 493 g/mol. The van der Waals surface area contributed by atoms with Gasteiger partial charge >= 0.3 is 15.6 Å². The normalized spacial score (nSPS) is 22.8. The van der Waals surface area contributed by atoms with Crippen LogP contribution in [-0.2, 0) is 15.5 Å². The summed E-state index contributed by atoms with van der Waals surface area (Å²) >= 11 is 0. The van der Waals surface area contributed by atoms with Crippen LogP contribution in [0.3, 0.4) is 0 Å². The van der Waals surface area contributed by atoms with Crippen molar-refractivity contribution in [3.63, 3.8) is 0 Å². The van der Waals surface area contributed by atoms with Gasteiger partial charge in [0.2, 0.25) is 5.88 Å². The van der Waals surface area contributed by atoms with Crippen molar-refractivity contribution in [1.82, 2.24) is 15.2 Å². The molecule has 2 atom stereocenters. The van der Waals surface area contributed by atoms with Gasteiger partial charge in [0.25, 0.3) is 0 Å². The third-order valence-electron chi connectivity index (χ3n) is 7.24. The van der Waals surface area contributed by atoms with Crippen molar-refractivity contribution in [1.29, 1.82) is 0 Å². The van der Waals surface area contributed by atoms with Crippen LogP contribution in [-0.4, -0.2) is 29.1 Å². The number of aromatic nitrogens is 3. The van der Waals surface area contributed by atoms with E-state index in [0.717, 1.165) is 18.2 Å². The van der Waals surface area contributed by atoms with Crippen LogP contribution in [0, 0.1) is 17.0 Å². The lowest BCUT2D eigenvalue weighted by Gasteiger charge is -2.37. The molecule has 2 bridgehead atoms. The van der Waals surface area contributed by atoms with Crippen LogP contribution in [0.25, 0.3) is 11.3 Å². The molecule has 2 aliphatic carbocycles. The minimum Gasteiger partial charge on any atom is -0.355 e. The van der Waals surface area contributed by atoms with Gasteiger partial charge in [-0.05, 0) is 54.0 Å². The maximum atomic E-state index is 14.4. The topological polar surface area (TPSA) is 82.0 Å². The summed E-state index contributed by atoms with van der Waals surface area (Å²) in [6, 6.07) is 9.02. The largest absolute Gasteiger partial charge is 0.534 e. The van der Waals surface area contributed by atoms with Gasteiger partial charge in [0.05, 0.1) is 28.1 Å². The van der Waals surface area contributed by atoms with Crippen molar-refractivity contribution in [3.8, 4) is 17.1 Å². The van der Waals surface area contributed by atoms with E-state index >= 15 is 0 Å². The molecule has 6 nitrogen and oxygen atoms in total. The van der Waals surface area contributed by atoms with Crippen molar-refractivity contribution in [2.24, 2.45) is 5.41 Å². The summed E-state index contributed by atoms with van der Waals surface area (Å²) in [5, 5.41) is 8.40. The first-order chi connectivity index (χ1) is 16.3. The summed E-state index contributed by atoms with van der Waals surface area (Å²) in [5.74, 6) is -2.39. The van der Waals surface area contributed by atoms with Crippen molar-refractivity contribution in [3.05, 3.63) is 71.1 Å². The van der Waals surface area contributed by atoms with Gasteiger partial charge in [-0.15, -0.1) is 5.10 Å². The maximum Gasteiger partial charge on any atom is 0.534 e. The summed E-state index contributed by atoms with van der Waals surface area (Å²) in [5.41, 5.74) is -5.89.